The number of anilines is 1. The van der Waals surface area contributed by atoms with Crippen molar-refractivity contribution in [1.29, 1.82) is 0 Å². The number of hydrogen-bond donors (Lipinski definition) is 1. The molecule has 0 aromatic heterocycles. The number of hydrogen-bond acceptors (Lipinski definition) is 3. The van der Waals surface area contributed by atoms with Crippen molar-refractivity contribution in [3.8, 4) is 0 Å². The molecule has 1 saturated heterocycles. The maximum absolute atomic E-state index is 12.6. The SMILES string of the molecule is C/C(=C\C(=O)Nc1ccc(C(=O)N2CCN(C)CC2)cc1)c1ccccc1. The number of carbonyl (C=O) groups is 2. The molecular weight excluding hydrogens is 338 g/mol. The Labute approximate surface area is 160 Å². The minimum atomic E-state index is -0.186. The second-order valence-corrected chi connectivity index (χ2v) is 6.86. The number of allylic oxidation sites excluding steroid dienone is 1. The minimum Gasteiger partial charge on any atom is -0.336 e. The Morgan fingerprint density at radius 3 is 2.15 bits per heavy atom. The van der Waals surface area contributed by atoms with E-state index in [9.17, 15) is 9.59 Å². The summed E-state index contributed by atoms with van der Waals surface area (Å²) in [5, 5.41) is 2.85. The summed E-state index contributed by atoms with van der Waals surface area (Å²) in [6.45, 7) is 5.20. The molecule has 0 atom stereocenters. The molecule has 0 radical (unpaired) electrons. The van der Waals surface area contributed by atoms with Crippen molar-refractivity contribution in [2.24, 2.45) is 0 Å². The molecule has 2 aromatic rings. The summed E-state index contributed by atoms with van der Waals surface area (Å²) in [5.41, 5.74) is 3.23. The third kappa shape index (κ3) is 5.05. The third-order valence-corrected chi connectivity index (χ3v) is 4.77. The van der Waals surface area contributed by atoms with Crippen LogP contribution in [0.25, 0.3) is 5.57 Å². The third-order valence-electron chi connectivity index (χ3n) is 4.77. The molecule has 140 valence electrons. The average Bonchev–Trinajstić information content (AvgIpc) is 2.69. The van der Waals surface area contributed by atoms with E-state index in [1.54, 1.807) is 30.3 Å². The molecule has 1 heterocycles. The second-order valence-electron chi connectivity index (χ2n) is 6.86. The summed E-state index contributed by atoms with van der Waals surface area (Å²) in [6.07, 6.45) is 1.58. The highest BCUT2D eigenvalue weighted by Gasteiger charge is 2.20. The van der Waals surface area contributed by atoms with Gasteiger partial charge in [-0.2, -0.15) is 0 Å². The zero-order chi connectivity index (χ0) is 19.2. The van der Waals surface area contributed by atoms with E-state index in [-0.39, 0.29) is 11.8 Å². The lowest BCUT2D eigenvalue weighted by Crippen LogP contribution is -2.47. The zero-order valence-corrected chi connectivity index (χ0v) is 15.8. The van der Waals surface area contributed by atoms with E-state index in [0.29, 0.717) is 11.3 Å². The van der Waals surface area contributed by atoms with Crippen molar-refractivity contribution >= 4 is 23.1 Å². The van der Waals surface area contributed by atoms with Crippen LogP contribution in [0.15, 0.2) is 60.7 Å². The summed E-state index contributed by atoms with van der Waals surface area (Å²) < 4.78 is 0. The van der Waals surface area contributed by atoms with E-state index >= 15 is 0 Å². The Balaban J connectivity index is 1.60. The van der Waals surface area contributed by atoms with E-state index in [1.165, 1.54) is 0 Å². The number of rotatable bonds is 4. The number of likely N-dealkylation sites (N-methyl/N-ethyl adjacent to an activating group) is 1. The van der Waals surface area contributed by atoms with Crippen molar-refractivity contribution < 1.29 is 9.59 Å². The maximum Gasteiger partial charge on any atom is 0.253 e. The first-order chi connectivity index (χ1) is 13.0. The fourth-order valence-corrected chi connectivity index (χ4v) is 3.05. The van der Waals surface area contributed by atoms with E-state index in [0.717, 1.165) is 37.3 Å². The van der Waals surface area contributed by atoms with Gasteiger partial charge in [0.2, 0.25) is 5.91 Å². The van der Waals surface area contributed by atoms with Crippen LogP contribution < -0.4 is 5.32 Å². The van der Waals surface area contributed by atoms with Gasteiger partial charge in [0.05, 0.1) is 0 Å². The summed E-state index contributed by atoms with van der Waals surface area (Å²) in [5.74, 6) is -0.143. The maximum atomic E-state index is 12.6. The highest BCUT2D eigenvalue weighted by Crippen LogP contribution is 2.15. The standard InChI is InChI=1S/C22H25N3O2/c1-17(18-6-4-3-5-7-18)16-21(26)23-20-10-8-19(9-11-20)22(27)25-14-12-24(2)13-15-25/h3-11,16H,12-15H2,1-2H3,(H,23,26)/b17-16+. The van der Waals surface area contributed by atoms with Crippen molar-refractivity contribution in [1.82, 2.24) is 9.80 Å². The van der Waals surface area contributed by atoms with Crippen LogP contribution in [0.2, 0.25) is 0 Å². The summed E-state index contributed by atoms with van der Waals surface area (Å²) in [6, 6.07) is 16.9. The van der Waals surface area contributed by atoms with Crippen LogP contribution in [0.4, 0.5) is 5.69 Å². The first-order valence-electron chi connectivity index (χ1n) is 9.15. The lowest BCUT2D eigenvalue weighted by Gasteiger charge is -2.32. The zero-order valence-electron chi connectivity index (χ0n) is 15.8. The average molecular weight is 363 g/mol. The van der Waals surface area contributed by atoms with Crippen LogP contribution >= 0.6 is 0 Å². The lowest BCUT2D eigenvalue weighted by molar-refractivity contribution is -0.111. The molecular formula is C22H25N3O2. The number of carbonyl (C=O) groups excluding carboxylic acids is 2. The number of nitrogens with zero attached hydrogens (tertiary/aromatic N) is 2. The quantitative estimate of drug-likeness (QED) is 0.849. The van der Waals surface area contributed by atoms with Gasteiger partial charge in [0.25, 0.3) is 5.91 Å². The summed E-state index contributed by atoms with van der Waals surface area (Å²) in [7, 11) is 2.06. The molecule has 5 nitrogen and oxygen atoms in total. The minimum absolute atomic E-state index is 0.0424. The van der Waals surface area contributed by atoms with Crippen molar-refractivity contribution in [3.63, 3.8) is 0 Å². The molecule has 27 heavy (non-hydrogen) atoms. The van der Waals surface area contributed by atoms with Gasteiger partial charge in [0, 0.05) is 43.5 Å². The van der Waals surface area contributed by atoms with Crippen LogP contribution in [0.1, 0.15) is 22.8 Å². The van der Waals surface area contributed by atoms with Crippen LogP contribution in [0.3, 0.4) is 0 Å². The molecule has 1 fully saturated rings. The Bertz CT molecular complexity index is 820. The van der Waals surface area contributed by atoms with Gasteiger partial charge in [-0.15, -0.1) is 0 Å². The van der Waals surface area contributed by atoms with Gasteiger partial charge in [-0.05, 0) is 49.4 Å². The van der Waals surface area contributed by atoms with Crippen molar-refractivity contribution in [2.75, 3.05) is 38.5 Å². The molecule has 0 unspecified atom stereocenters. The van der Waals surface area contributed by atoms with E-state index in [1.807, 2.05) is 42.2 Å². The molecule has 0 saturated carbocycles. The molecule has 0 spiro atoms. The number of amides is 2. The van der Waals surface area contributed by atoms with Crippen molar-refractivity contribution in [2.45, 2.75) is 6.92 Å². The van der Waals surface area contributed by atoms with Gasteiger partial charge < -0.3 is 15.1 Å². The molecule has 2 aromatic carbocycles. The first-order valence-corrected chi connectivity index (χ1v) is 9.15. The molecule has 0 bridgehead atoms. The first kappa shape index (κ1) is 18.9. The van der Waals surface area contributed by atoms with Crippen LogP contribution in [0, 0.1) is 0 Å². The van der Waals surface area contributed by atoms with Crippen molar-refractivity contribution in [3.05, 3.63) is 71.8 Å². The largest absolute Gasteiger partial charge is 0.336 e. The van der Waals surface area contributed by atoms with Gasteiger partial charge in [-0.3, -0.25) is 9.59 Å². The molecule has 0 aliphatic carbocycles. The smallest absolute Gasteiger partial charge is 0.253 e. The Hall–Kier alpha value is -2.92. The summed E-state index contributed by atoms with van der Waals surface area (Å²) >= 11 is 0. The van der Waals surface area contributed by atoms with Crippen LogP contribution in [-0.2, 0) is 4.79 Å². The van der Waals surface area contributed by atoms with Gasteiger partial charge in [-0.25, -0.2) is 0 Å². The molecule has 1 aliphatic heterocycles. The fraction of sp³-hybridized carbons (Fsp3) is 0.273. The highest BCUT2D eigenvalue weighted by atomic mass is 16.2. The lowest BCUT2D eigenvalue weighted by atomic mass is 10.1. The Morgan fingerprint density at radius 1 is 0.889 bits per heavy atom. The second kappa shape index (κ2) is 8.64. The Kier molecular flexibility index (Phi) is 6.04. The predicted octanol–water partition coefficient (Wildman–Crippen LogP) is 3.12. The van der Waals surface area contributed by atoms with Crippen LogP contribution in [-0.4, -0.2) is 54.8 Å². The number of piperazine rings is 1. The topological polar surface area (TPSA) is 52.7 Å². The predicted molar refractivity (Wildman–Crippen MR) is 109 cm³/mol. The molecule has 2 amide bonds. The van der Waals surface area contributed by atoms with E-state index in [2.05, 4.69) is 17.3 Å². The van der Waals surface area contributed by atoms with Crippen LogP contribution in [0.5, 0.6) is 0 Å². The normalized spacial score (nSPS) is 15.5. The highest BCUT2D eigenvalue weighted by molar-refractivity contribution is 6.04. The van der Waals surface area contributed by atoms with Gasteiger partial charge in [-0.1, -0.05) is 30.3 Å². The number of nitrogens with one attached hydrogen (secondary N) is 1. The summed E-state index contributed by atoms with van der Waals surface area (Å²) in [4.78, 5) is 28.9. The van der Waals surface area contributed by atoms with E-state index in [4.69, 9.17) is 0 Å². The fourth-order valence-electron chi connectivity index (χ4n) is 3.05. The number of benzene rings is 2. The van der Waals surface area contributed by atoms with Gasteiger partial charge >= 0.3 is 0 Å². The van der Waals surface area contributed by atoms with E-state index < -0.39 is 0 Å². The monoisotopic (exact) mass is 363 g/mol. The molecule has 1 N–H and O–H groups in total. The molecule has 3 rings (SSSR count). The molecule has 5 heteroatoms. The van der Waals surface area contributed by atoms with Gasteiger partial charge in [0.1, 0.15) is 0 Å². The van der Waals surface area contributed by atoms with Gasteiger partial charge in [0.15, 0.2) is 0 Å². The Morgan fingerprint density at radius 2 is 1.52 bits per heavy atom. The molecule has 1 aliphatic rings.